The minimum absolute atomic E-state index is 0.238. The fraction of sp³-hybridized carbons (Fsp3) is 0.333. The molecule has 0 aromatic carbocycles. The summed E-state index contributed by atoms with van der Waals surface area (Å²) in [6, 6.07) is 0. The van der Waals surface area contributed by atoms with Crippen molar-refractivity contribution in [2.45, 2.75) is 6.54 Å². The van der Waals surface area contributed by atoms with Crippen molar-refractivity contribution in [2.24, 2.45) is 7.05 Å². The van der Waals surface area contributed by atoms with Gasteiger partial charge in [-0.25, -0.2) is 0 Å². The highest BCUT2D eigenvalue weighted by atomic mass is 32.1. The van der Waals surface area contributed by atoms with Crippen LogP contribution in [0.3, 0.4) is 0 Å². The predicted octanol–water partition coefficient (Wildman–Crippen LogP) is -0.512. The van der Waals surface area contributed by atoms with Crippen LogP contribution in [0.25, 0.3) is 0 Å². The van der Waals surface area contributed by atoms with Gasteiger partial charge in [0.25, 0.3) is 0 Å². The molecule has 0 fully saturated rings. The molecule has 0 aliphatic rings. The van der Waals surface area contributed by atoms with Crippen LogP contribution >= 0.6 is 11.5 Å². The third-order valence-electron chi connectivity index (χ3n) is 2.34. The average Bonchev–Trinajstić information content (AvgIpc) is 2.77. The fourth-order valence-electron chi connectivity index (χ4n) is 1.38. The molecule has 0 atom stereocenters. The largest absolute Gasteiger partial charge is 0.377 e. The Balaban J connectivity index is 2.41. The summed E-state index contributed by atoms with van der Waals surface area (Å²) in [6.45, 7) is 0.238. The standard InChI is InChI=1S/C9H11N5O2S/c1-10-7-6(11-12-17-7)5-14-4-3-13(2)8(15)9(14)16/h3-4,10H,5H2,1-2H3. The predicted molar refractivity (Wildman–Crippen MR) is 64.5 cm³/mol. The van der Waals surface area contributed by atoms with Gasteiger partial charge in [-0.3, -0.25) is 9.59 Å². The van der Waals surface area contributed by atoms with Gasteiger partial charge in [-0.2, -0.15) is 0 Å². The first kappa shape index (κ1) is 11.5. The Bertz CT molecular complexity index is 641. The van der Waals surface area contributed by atoms with E-state index >= 15 is 0 Å². The van der Waals surface area contributed by atoms with E-state index in [1.807, 2.05) is 0 Å². The summed E-state index contributed by atoms with van der Waals surface area (Å²) in [5.41, 5.74) is -0.473. The van der Waals surface area contributed by atoms with Gasteiger partial charge in [-0.05, 0) is 0 Å². The highest BCUT2D eigenvalue weighted by Gasteiger charge is 2.09. The molecule has 2 heterocycles. The Kier molecular flexibility index (Phi) is 3.05. The third kappa shape index (κ3) is 2.11. The maximum atomic E-state index is 11.7. The molecule has 1 N–H and O–H groups in total. The molecule has 0 saturated carbocycles. The van der Waals surface area contributed by atoms with Gasteiger partial charge in [-0.15, -0.1) is 5.10 Å². The van der Waals surface area contributed by atoms with Crippen LogP contribution in [0.5, 0.6) is 0 Å². The van der Waals surface area contributed by atoms with E-state index in [2.05, 4.69) is 14.9 Å². The average molecular weight is 253 g/mol. The molecule has 0 saturated heterocycles. The molecule has 7 nitrogen and oxygen atoms in total. The first-order valence-electron chi connectivity index (χ1n) is 4.88. The Hall–Kier alpha value is -1.96. The summed E-state index contributed by atoms with van der Waals surface area (Å²) in [5.74, 6) is 0. The van der Waals surface area contributed by atoms with Crippen LogP contribution in [0.2, 0.25) is 0 Å². The highest BCUT2D eigenvalue weighted by molar-refractivity contribution is 7.10. The number of hydrogen-bond acceptors (Lipinski definition) is 6. The second kappa shape index (κ2) is 4.50. The van der Waals surface area contributed by atoms with Crippen LogP contribution < -0.4 is 16.4 Å². The van der Waals surface area contributed by atoms with Crippen molar-refractivity contribution in [3.63, 3.8) is 0 Å². The van der Waals surface area contributed by atoms with Crippen LogP contribution in [-0.4, -0.2) is 25.8 Å². The summed E-state index contributed by atoms with van der Waals surface area (Å²) in [4.78, 5) is 23.1. The van der Waals surface area contributed by atoms with Crippen LogP contribution in [0.1, 0.15) is 5.69 Å². The number of aromatic nitrogens is 4. The lowest BCUT2D eigenvalue weighted by molar-refractivity contribution is 0.683. The quantitative estimate of drug-likeness (QED) is 0.745. The summed E-state index contributed by atoms with van der Waals surface area (Å²) in [5, 5.41) is 7.64. The van der Waals surface area contributed by atoms with Crippen molar-refractivity contribution in [3.05, 3.63) is 38.8 Å². The second-order valence-electron chi connectivity index (χ2n) is 3.45. The Morgan fingerprint density at radius 1 is 1.35 bits per heavy atom. The molecule has 0 spiro atoms. The van der Waals surface area contributed by atoms with Gasteiger partial charge in [0, 0.05) is 38.0 Å². The van der Waals surface area contributed by atoms with E-state index in [4.69, 9.17) is 0 Å². The molecular formula is C9H11N5O2S. The van der Waals surface area contributed by atoms with E-state index in [0.717, 1.165) is 5.00 Å². The molecule has 0 amide bonds. The van der Waals surface area contributed by atoms with E-state index in [1.54, 1.807) is 19.4 Å². The first-order chi connectivity index (χ1) is 8.13. The lowest BCUT2D eigenvalue weighted by Gasteiger charge is -2.05. The van der Waals surface area contributed by atoms with Crippen molar-refractivity contribution in [2.75, 3.05) is 12.4 Å². The van der Waals surface area contributed by atoms with Gasteiger partial charge < -0.3 is 14.5 Å². The Morgan fingerprint density at radius 2 is 2.12 bits per heavy atom. The van der Waals surface area contributed by atoms with E-state index in [-0.39, 0.29) is 6.54 Å². The van der Waals surface area contributed by atoms with Gasteiger partial charge in [0.2, 0.25) is 0 Å². The first-order valence-corrected chi connectivity index (χ1v) is 5.66. The molecule has 2 rings (SSSR count). The number of rotatable bonds is 3. The lowest BCUT2D eigenvalue weighted by atomic mass is 10.4. The zero-order valence-electron chi connectivity index (χ0n) is 9.38. The Morgan fingerprint density at radius 3 is 2.82 bits per heavy atom. The van der Waals surface area contributed by atoms with Gasteiger partial charge in [0.05, 0.1) is 6.54 Å². The zero-order valence-corrected chi connectivity index (χ0v) is 10.2. The molecule has 17 heavy (non-hydrogen) atoms. The monoisotopic (exact) mass is 253 g/mol. The summed E-state index contributed by atoms with van der Waals surface area (Å²) >= 11 is 1.21. The van der Waals surface area contributed by atoms with Crippen molar-refractivity contribution in [1.29, 1.82) is 0 Å². The van der Waals surface area contributed by atoms with Crippen molar-refractivity contribution < 1.29 is 0 Å². The number of nitrogens with zero attached hydrogens (tertiary/aromatic N) is 4. The van der Waals surface area contributed by atoms with Crippen molar-refractivity contribution in [3.8, 4) is 0 Å². The normalized spacial score (nSPS) is 10.5. The van der Waals surface area contributed by atoms with Crippen LogP contribution in [0.15, 0.2) is 22.0 Å². The molecule has 2 aromatic heterocycles. The van der Waals surface area contributed by atoms with Gasteiger partial charge in [-0.1, -0.05) is 4.49 Å². The van der Waals surface area contributed by atoms with Crippen molar-refractivity contribution in [1.82, 2.24) is 18.7 Å². The molecule has 8 heteroatoms. The minimum Gasteiger partial charge on any atom is -0.377 e. The molecule has 0 radical (unpaired) electrons. The smallest absolute Gasteiger partial charge is 0.316 e. The zero-order chi connectivity index (χ0) is 12.4. The fourth-order valence-corrected chi connectivity index (χ4v) is 1.90. The topological polar surface area (TPSA) is 81.8 Å². The van der Waals surface area contributed by atoms with E-state index in [9.17, 15) is 9.59 Å². The molecule has 0 unspecified atom stereocenters. The molecule has 0 bridgehead atoms. The third-order valence-corrected chi connectivity index (χ3v) is 3.12. The number of anilines is 1. The minimum atomic E-state index is -0.565. The number of aryl methyl sites for hydroxylation is 1. The molecule has 0 aliphatic carbocycles. The Labute approximate surface area is 101 Å². The van der Waals surface area contributed by atoms with Gasteiger partial charge in [0.1, 0.15) is 10.7 Å². The highest BCUT2D eigenvalue weighted by Crippen LogP contribution is 2.16. The van der Waals surface area contributed by atoms with Gasteiger partial charge >= 0.3 is 11.1 Å². The summed E-state index contributed by atoms with van der Waals surface area (Å²) in [6.07, 6.45) is 3.10. The lowest BCUT2D eigenvalue weighted by Crippen LogP contribution is -2.39. The van der Waals surface area contributed by atoms with E-state index < -0.39 is 11.1 Å². The molecule has 90 valence electrons. The van der Waals surface area contributed by atoms with E-state index in [1.165, 1.54) is 27.7 Å². The number of hydrogen-bond donors (Lipinski definition) is 1. The van der Waals surface area contributed by atoms with Gasteiger partial charge in [0.15, 0.2) is 0 Å². The maximum Gasteiger partial charge on any atom is 0.316 e. The maximum absolute atomic E-state index is 11.7. The SMILES string of the molecule is CNc1snnc1Cn1ccn(C)c(=O)c1=O. The summed E-state index contributed by atoms with van der Waals surface area (Å²) in [7, 11) is 3.29. The molecule has 2 aromatic rings. The van der Waals surface area contributed by atoms with Crippen LogP contribution in [-0.2, 0) is 13.6 Å². The van der Waals surface area contributed by atoms with Crippen molar-refractivity contribution >= 4 is 16.5 Å². The molecule has 0 aliphatic heterocycles. The number of nitrogens with one attached hydrogen (secondary N) is 1. The second-order valence-corrected chi connectivity index (χ2v) is 4.20. The van der Waals surface area contributed by atoms with Crippen LogP contribution in [0.4, 0.5) is 5.00 Å². The van der Waals surface area contributed by atoms with Crippen LogP contribution in [0, 0.1) is 0 Å². The molecular weight excluding hydrogens is 242 g/mol. The summed E-state index contributed by atoms with van der Waals surface area (Å²) < 4.78 is 6.36. The van der Waals surface area contributed by atoms with E-state index in [0.29, 0.717) is 5.69 Å².